The number of nitrogens with zero attached hydrogens (tertiary/aromatic N) is 2. The topological polar surface area (TPSA) is 65.5 Å². The molecule has 1 heterocycles. The molecule has 1 amide bonds. The van der Waals surface area contributed by atoms with Crippen LogP contribution < -0.4 is 10.2 Å². The third kappa shape index (κ3) is 4.05. The summed E-state index contributed by atoms with van der Waals surface area (Å²) in [4.78, 5) is 18.8. The van der Waals surface area contributed by atoms with Crippen molar-refractivity contribution in [1.82, 2.24) is 4.98 Å². The Bertz CT molecular complexity index is 681. The van der Waals surface area contributed by atoms with E-state index in [4.69, 9.17) is 5.11 Å². The van der Waals surface area contributed by atoms with Crippen LogP contribution in [-0.4, -0.2) is 36.7 Å². The minimum Gasteiger partial charge on any atom is -0.384 e. The monoisotopic (exact) mass is 301 g/mol. The zero-order valence-electron chi connectivity index (χ0n) is 11.8. The SMILES string of the molecule is CN(C)c1ccc(C(=O)Nc2ncc(C#CCO)s2)cc1. The van der Waals surface area contributed by atoms with E-state index in [1.165, 1.54) is 11.3 Å². The smallest absolute Gasteiger partial charge is 0.257 e. The van der Waals surface area contributed by atoms with Crippen molar-refractivity contribution in [3.8, 4) is 11.8 Å². The Labute approximate surface area is 127 Å². The summed E-state index contributed by atoms with van der Waals surface area (Å²) >= 11 is 1.27. The molecule has 0 fully saturated rings. The summed E-state index contributed by atoms with van der Waals surface area (Å²) in [6, 6.07) is 7.30. The number of hydrogen-bond donors (Lipinski definition) is 2. The van der Waals surface area contributed by atoms with Gasteiger partial charge in [0.15, 0.2) is 5.13 Å². The quantitative estimate of drug-likeness (QED) is 0.849. The van der Waals surface area contributed by atoms with E-state index < -0.39 is 0 Å². The van der Waals surface area contributed by atoms with E-state index in [2.05, 4.69) is 22.1 Å². The third-order valence-corrected chi connectivity index (χ3v) is 3.49. The molecule has 0 aliphatic rings. The van der Waals surface area contributed by atoms with Crippen LogP contribution >= 0.6 is 11.3 Å². The Morgan fingerprint density at radius 3 is 2.71 bits per heavy atom. The van der Waals surface area contributed by atoms with Gasteiger partial charge in [-0.1, -0.05) is 23.2 Å². The van der Waals surface area contributed by atoms with Crippen LogP contribution in [0.15, 0.2) is 30.5 Å². The number of thiazole rings is 1. The Morgan fingerprint density at radius 1 is 1.38 bits per heavy atom. The Kier molecular flexibility index (Phi) is 4.93. The number of carbonyl (C=O) groups excluding carboxylic acids is 1. The number of anilines is 2. The number of carbonyl (C=O) groups is 1. The maximum atomic E-state index is 12.1. The molecule has 0 saturated carbocycles. The molecular formula is C15H15N3O2S. The maximum absolute atomic E-state index is 12.1. The maximum Gasteiger partial charge on any atom is 0.257 e. The first-order chi connectivity index (χ1) is 10.1. The van der Waals surface area contributed by atoms with Crippen molar-refractivity contribution < 1.29 is 9.90 Å². The number of hydrogen-bond acceptors (Lipinski definition) is 5. The zero-order chi connectivity index (χ0) is 15.2. The number of aliphatic hydroxyl groups is 1. The van der Waals surface area contributed by atoms with Crippen LogP contribution in [0.25, 0.3) is 0 Å². The third-order valence-electron chi connectivity index (χ3n) is 2.66. The van der Waals surface area contributed by atoms with Crippen LogP contribution in [0.2, 0.25) is 0 Å². The van der Waals surface area contributed by atoms with Gasteiger partial charge in [-0.2, -0.15) is 0 Å². The predicted molar refractivity (Wildman–Crippen MR) is 84.8 cm³/mol. The Morgan fingerprint density at radius 2 is 2.10 bits per heavy atom. The van der Waals surface area contributed by atoms with Gasteiger partial charge in [-0.3, -0.25) is 10.1 Å². The van der Waals surface area contributed by atoms with E-state index in [0.717, 1.165) is 5.69 Å². The highest BCUT2D eigenvalue weighted by atomic mass is 32.1. The van der Waals surface area contributed by atoms with Gasteiger partial charge in [0.2, 0.25) is 0 Å². The van der Waals surface area contributed by atoms with Crippen molar-refractivity contribution >= 4 is 28.1 Å². The van der Waals surface area contributed by atoms with E-state index in [1.54, 1.807) is 18.3 Å². The van der Waals surface area contributed by atoms with E-state index in [-0.39, 0.29) is 12.5 Å². The molecule has 108 valence electrons. The number of nitrogens with one attached hydrogen (secondary N) is 1. The van der Waals surface area contributed by atoms with Gasteiger partial charge in [0.05, 0.1) is 11.1 Å². The first-order valence-corrected chi connectivity index (χ1v) is 7.06. The van der Waals surface area contributed by atoms with E-state index in [9.17, 15) is 4.79 Å². The normalized spacial score (nSPS) is 9.67. The summed E-state index contributed by atoms with van der Waals surface area (Å²) in [5, 5.41) is 11.8. The lowest BCUT2D eigenvalue weighted by atomic mass is 10.2. The van der Waals surface area contributed by atoms with Crippen molar-refractivity contribution in [3.63, 3.8) is 0 Å². The van der Waals surface area contributed by atoms with Crippen LogP contribution in [0.4, 0.5) is 10.8 Å². The van der Waals surface area contributed by atoms with E-state index in [1.807, 2.05) is 31.1 Å². The van der Waals surface area contributed by atoms with Gasteiger partial charge in [0, 0.05) is 25.3 Å². The van der Waals surface area contributed by atoms with Crippen molar-refractivity contribution in [1.29, 1.82) is 0 Å². The number of amides is 1. The zero-order valence-corrected chi connectivity index (χ0v) is 12.6. The van der Waals surface area contributed by atoms with E-state index in [0.29, 0.717) is 15.6 Å². The molecule has 0 aliphatic heterocycles. The molecular weight excluding hydrogens is 286 g/mol. The Balaban J connectivity index is 2.05. The number of aliphatic hydroxyl groups excluding tert-OH is 1. The Hall–Kier alpha value is -2.36. The van der Waals surface area contributed by atoms with Crippen LogP contribution in [0, 0.1) is 11.8 Å². The van der Waals surface area contributed by atoms with Gasteiger partial charge in [0.1, 0.15) is 6.61 Å². The molecule has 0 atom stereocenters. The van der Waals surface area contributed by atoms with Crippen LogP contribution in [0.5, 0.6) is 0 Å². The van der Waals surface area contributed by atoms with Crippen LogP contribution in [0.3, 0.4) is 0 Å². The fraction of sp³-hybridized carbons (Fsp3) is 0.200. The van der Waals surface area contributed by atoms with Gasteiger partial charge < -0.3 is 10.0 Å². The van der Waals surface area contributed by atoms with Gasteiger partial charge in [-0.15, -0.1) is 0 Å². The first kappa shape index (κ1) is 15.0. The fourth-order valence-electron chi connectivity index (χ4n) is 1.60. The number of rotatable bonds is 3. The summed E-state index contributed by atoms with van der Waals surface area (Å²) in [6.45, 7) is -0.197. The molecule has 0 radical (unpaired) electrons. The highest BCUT2D eigenvalue weighted by Gasteiger charge is 2.09. The molecule has 0 aliphatic carbocycles. The second-order valence-electron chi connectivity index (χ2n) is 4.38. The van der Waals surface area contributed by atoms with Gasteiger partial charge in [0.25, 0.3) is 5.91 Å². The molecule has 2 N–H and O–H groups in total. The molecule has 0 saturated heterocycles. The fourth-order valence-corrected chi connectivity index (χ4v) is 2.28. The first-order valence-electron chi connectivity index (χ1n) is 6.24. The van der Waals surface area contributed by atoms with Gasteiger partial charge in [-0.05, 0) is 24.3 Å². The molecule has 6 heteroatoms. The summed E-state index contributed by atoms with van der Waals surface area (Å²) in [7, 11) is 3.89. The van der Waals surface area contributed by atoms with E-state index >= 15 is 0 Å². The lowest BCUT2D eigenvalue weighted by molar-refractivity contribution is 0.102. The molecule has 0 unspecified atom stereocenters. The largest absolute Gasteiger partial charge is 0.384 e. The van der Waals surface area contributed by atoms with Crippen molar-refractivity contribution in [3.05, 3.63) is 40.9 Å². The number of aromatic nitrogens is 1. The minimum absolute atomic E-state index is 0.197. The average molecular weight is 301 g/mol. The second kappa shape index (κ2) is 6.88. The molecule has 21 heavy (non-hydrogen) atoms. The molecule has 0 bridgehead atoms. The summed E-state index contributed by atoms with van der Waals surface area (Å²) in [6.07, 6.45) is 1.57. The summed E-state index contributed by atoms with van der Waals surface area (Å²) < 4.78 is 0. The highest BCUT2D eigenvalue weighted by molar-refractivity contribution is 7.16. The molecule has 0 spiro atoms. The second-order valence-corrected chi connectivity index (χ2v) is 5.42. The van der Waals surface area contributed by atoms with Crippen molar-refractivity contribution in [2.45, 2.75) is 0 Å². The predicted octanol–water partition coefficient (Wildman–Crippen LogP) is 1.81. The minimum atomic E-state index is -0.212. The van der Waals surface area contributed by atoms with Gasteiger partial charge in [-0.25, -0.2) is 4.98 Å². The lowest BCUT2D eigenvalue weighted by Gasteiger charge is -2.12. The molecule has 1 aromatic heterocycles. The summed E-state index contributed by atoms with van der Waals surface area (Å²) in [5.74, 6) is 5.07. The number of benzene rings is 1. The molecule has 2 rings (SSSR count). The lowest BCUT2D eigenvalue weighted by Crippen LogP contribution is -2.12. The highest BCUT2D eigenvalue weighted by Crippen LogP contribution is 2.18. The van der Waals surface area contributed by atoms with Crippen molar-refractivity contribution in [2.75, 3.05) is 30.9 Å². The summed E-state index contributed by atoms with van der Waals surface area (Å²) in [5.41, 5.74) is 1.60. The van der Waals surface area contributed by atoms with Crippen molar-refractivity contribution in [2.24, 2.45) is 0 Å². The molecule has 5 nitrogen and oxygen atoms in total. The molecule has 1 aromatic carbocycles. The average Bonchev–Trinajstić information content (AvgIpc) is 2.92. The van der Waals surface area contributed by atoms with Crippen LogP contribution in [0.1, 0.15) is 15.2 Å². The van der Waals surface area contributed by atoms with Crippen LogP contribution in [-0.2, 0) is 0 Å². The molecule has 2 aromatic rings. The van der Waals surface area contributed by atoms with Gasteiger partial charge >= 0.3 is 0 Å². The standard InChI is InChI=1S/C15H15N3O2S/c1-18(2)12-7-5-11(6-8-12)14(20)17-15-16-10-13(21-15)4-3-9-19/h5-8,10,19H,9H2,1-2H3,(H,16,17,20).